The number of hydrogen-bond acceptors (Lipinski definition) is 4. The quantitative estimate of drug-likeness (QED) is 0.895. The van der Waals surface area contributed by atoms with Gasteiger partial charge in [0.25, 0.3) is 5.91 Å². The molecule has 2 heterocycles. The molecule has 1 fully saturated rings. The number of ether oxygens (including phenoxy) is 1. The second kappa shape index (κ2) is 5.98. The number of alkyl halides is 3. The Kier molecular flexibility index (Phi) is 4.48. The van der Waals surface area contributed by atoms with Crippen LogP contribution in [-0.4, -0.2) is 52.8 Å². The van der Waals surface area contributed by atoms with Gasteiger partial charge < -0.3 is 14.7 Å². The third-order valence-corrected chi connectivity index (χ3v) is 3.12. The van der Waals surface area contributed by atoms with Crippen LogP contribution in [0.4, 0.5) is 13.2 Å². The summed E-state index contributed by atoms with van der Waals surface area (Å²) in [5.74, 6) is -0.426. The van der Waals surface area contributed by atoms with E-state index < -0.39 is 23.9 Å². The summed E-state index contributed by atoms with van der Waals surface area (Å²) in [6.07, 6.45) is -4.35. The van der Waals surface area contributed by atoms with E-state index in [1.54, 1.807) is 6.92 Å². The van der Waals surface area contributed by atoms with Crippen molar-refractivity contribution in [3.05, 3.63) is 29.6 Å². The molecule has 0 saturated carbocycles. The molecule has 0 spiro atoms. The first-order valence-electron chi connectivity index (χ1n) is 6.40. The zero-order chi connectivity index (χ0) is 15.6. The number of halogens is 3. The number of aliphatic hydroxyl groups excluding tert-OH is 1. The molecule has 116 valence electrons. The average Bonchev–Trinajstić information content (AvgIpc) is 2.45. The van der Waals surface area contributed by atoms with Crippen molar-refractivity contribution in [2.45, 2.75) is 25.3 Å². The Morgan fingerprint density at radius 1 is 1.48 bits per heavy atom. The van der Waals surface area contributed by atoms with Crippen LogP contribution in [-0.2, 0) is 10.9 Å². The van der Waals surface area contributed by atoms with Crippen LogP contribution in [0.5, 0.6) is 0 Å². The summed E-state index contributed by atoms with van der Waals surface area (Å²) in [6.45, 7) is 2.05. The van der Waals surface area contributed by atoms with Gasteiger partial charge in [0, 0.05) is 19.3 Å². The summed E-state index contributed by atoms with van der Waals surface area (Å²) in [6, 6.07) is 1.88. The Bertz CT molecular complexity index is 504. The number of morpholine rings is 1. The number of carbonyl (C=O) groups excluding carboxylic acids is 1. The molecule has 2 rings (SSSR count). The fourth-order valence-corrected chi connectivity index (χ4v) is 2.18. The predicted molar refractivity (Wildman–Crippen MR) is 66.6 cm³/mol. The van der Waals surface area contributed by atoms with Crippen LogP contribution in [0.15, 0.2) is 18.3 Å². The first kappa shape index (κ1) is 15.7. The highest BCUT2D eigenvalue weighted by Gasteiger charge is 2.33. The molecule has 2 unspecified atom stereocenters. The molecule has 1 aromatic heterocycles. The van der Waals surface area contributed by atoms with Gasteiger partial charge in [-0.2, -0.15) is 13.2 Å². The minimum absolute atomic E-state index is 0.0776. The number of aromatic nitrogens is 1. The molecule has 1 aromatic rings. The second-order valence-corrected chi connectivity index (χ2v) is 4.89. The summed E-state index contributed by atoms with van der Waals surface area (Å²) >= 11 is 0. The van der Waals surface area contributed by atoms with Crippen molar-refractivity contribution < 1.29 is 27.8 Å². The van der Waals surface area contributed by atoms with Crippen LogP contribution >= 0.6 is 0 Å². The lowest BCUT2D eigenvalue weighted by molar-refractivity contribution is -0.141. The van der Waals surface area contributed by atoms with Gasteiger partial charge in [0.1, 0.15) is 5.69 Å². The van der Waals surface area contributed by atoms with E-state index in [-0.39, 0.29) is 24.8 Å². The number of aliphatic hydroxyl groups is 1. The zero-order valence-electron chi connectivity index (χ0n) is 11.3. The number of carbonyl (C=O) groups is 1. The fraction of sp³-hybridized carbons (Fsp3) is 0.538. The molecule has 2 atom stereocenters. The molecule has 1 N–H and O–H groups in total. The number of hydrogen-bond donors (Lipinski definition) is 1. The average molecular weight is 304 g/mol. The SMILES string of the molecule is CC1CN(C(=O)c2ccc(C(F)(F)F)nc2)CC(CO)O1. The van der Waals surface area contributed by atoms with Crippen LogP contribution in [0.25, 0.3) is 0 Å². The molecule has 0 aromatic carbocycles. The number of rotatable bonds is 2. The minimum Gasteiger partial charge on any atom is -0.394 e. The highest BCUT2D eigenvalue weighted by Crippen LogP contribution is 2.27. The Morgan fingerprint density at radius 3 is 2.71 bits per heavy atom. The lowest BCUT2D eigenvalue weighted by Gasteiger charge is -2.36. The van der Waals surface area contributed by atoms with Crippen molar-refractivity contribution in [3.8, 4) is 0 Å². The maximum Gasteiger partial charge on any atom is 0.433 e. The lowest BCUT2D eigenvalue weighted by Crippen LogP contribution is -2.50. The molecular weight excluding hydrogens is 289 g/mol. The number of amides is 1. The topological polar surface area (TPSA) is 62.7 Å². The van der Waals surface area contributed by atoms with Crippen molar-refractivity contribution >= 4 is 5.91 Å². The molecule has 1 aliphatic rings. The monoisotopic (exact) mass is 304 g/mol. The van der Waals surface area contributed by atoms with Crippen LogP contribution in [0.2, 0.25) is 0 Å². The Hall–Kier alpha value is -1.67. The van der Waals surface area contributed by atoms with E-state index in [2.05, 4.69) is 4.98 Å². The van der Waals surface area contributed by atoms with E-state index in [1.165, 1.54) is 4.90 Å². The third-order valence-electron chi connectivity index (χ3n) is 3.12. The third kappa shape index (κ3) is 3.70. The Balaban J connectivity index is 2.12. The normalized spacial score (nSPS) is 23.2. The maximum atomic E-state index is 12.4. The highest BCUT2D eigenvalue weighted by molar-refractivity contribution is 5.94. The largest absolute Gasteiger partial charge is 0.433 e. The molecule has 0 radical (unpaired) electrons. The van der Waals surface area contributed by atoms with Crippen molar-refractivity contribution in [3.63, 3.8) is 0 Å². The number of pyridine rings is 1. The van der Waals surface area contributed by atoms with E-state index in [9.17, 15) is 18.0 Å². The van der Waals surface area contributed by atoms with Crippen molar-refractivity contribution in [2.24, 2.45) is 0 Å². The highest BCUT2D eigenvalue weighted by atomic mass is 19.4. The van der Waals surface area contributed by atoms with Gasteiger partial charge >= 0.3 is 6.18 Å². The molecule has 1 amide bonds. The predicted octanol–water partition coefficient (Wildman–Crippen LogP) is 1.32. The van der Waals surface area contributed by atoms with E-state index in [1.807, 2.05) is 0 Å². The van der Waals surface area contributed by atoms with Gasteiger partial charge in [0.15, 0.2) is 0 Å². The van der Waals surface area contributed by atoms with E-state index in [4.69, 9.17) is 9.84 Å². The first-order valence-corrected chi connectivity index (χ1v) is 6.40. The van der Waals surface area contributed by atoms with E-state index in [0.29, 0.717) is 6.54 Å². The van der Waals surface area contributed by atoms with Gasteiger partial charge in [-0.3, -0.25) is 9.78 Å². The Morgan fingerprint density at radius 2 is 2.19 bits per heavy atom. The smallest absolute Gasteiger partial charge is 0.394 e. The van der Waals surface area contributed by atoms with Crippen molar-refractivity contribution in [2.75, 3.05) is 19.7 Å². The van der Waals surface area contributed by atoms with Gasteiger partial charge in [-0.25, -0.2) is 0 Å². The van der Waals surface area contributed by atoms with E-state index in [0.717, 1.165) is 18.3 Å². The van der Waals surface area contributed by atoms with Crippen molar-refractivity contribution in [1.82, 2.24) is 9.88 Å². The molecule has 1 aliphatic heterocycles. The molecule has 8 heteroatoms. The van der Waals surface area contributed by atoms with Gasteiger partial charge in [-0.15, -0.1) is 0 Å². The molecule has 5 nitrogen and oxygen atoms in total. The molecule has 21 heavy (non-hydrogen) atoms. The van der Waals surface area contributed by atoms with E-state index >= 15 is 0 Å². The van der Waals surface area contributed by atoms with Gasteiger partial charge in [-0.05, 0) is 19.1 Å². The van der Waals surface area contributed by atoms with Crippen LogP contribution < -0.4 is 0 Å². The second-order valence-electron chi connectivity index (χ2n) is 4.89. The first-order chi connectivity index (χ1) is 9.81. The summed E-state index contributed by atoms with van der Waals surface area (Å²) in [4.78, 5) is 16.9. The van der Waals surface area contributed by atoms with Crippen LogP contribution in [0.1, 0.15) is 23.0 Å². The lowest BCUT2D eigenvalue weighted by atomic mass is 10.1. The van der Waals surface area contributed by atoms with Gasteiger partial charge in [0.2, 0.25) is 0 Å². The minimum atomic E-state index is -4.53. The summed E-state index contributed by atoms with van der Waals surface area (Å²) in [5, 5.41) is 9.10. The summed E-state index contributed by atoms with van der Waals surface area (Å²) in [7, 11) is 0. The molecular formula is C13H15F3N2O3. The van der Waals surface area contributed by atoms with Crippen LogP contribution in [0.3, 0.4) is 0 Å². The molecule has 0 aliphatic carbocycles. The summed E-state index contributed by atoms with van der Waals surface area (Å²) < 4.78 is 42.7. The maximum absolute atomic E-state index is 12.4. The fourth-order valence-electron chi connectivity index (χ4n) is 2.18. The standard InChI is InChI=1S/C13H15F3N2O3/c1-8-5-18(6-10(7-19)21-8)12(20)9-2-3-11(17-4-9)13(14,15)16/h2-4,8,10,19H,5-7H2,1H3. The molecule has 1 saturated heterocycles. The van der Waals surface area contributed by atoms with Gasteiger partial charge in [0.05, 0.1) is 24.4 Å². The zero-order valence-corrected chi connectivity index (χ0v) is 11.3. The van der Waals surface area contributed by atoms with Gasteiger partial charge in [-0.1, -0.05) is 0 Å². The summed E-state index contributed by atoms with van der Waals surface area (Å²) in [5.41, 5.74) is -0.962. The Labute approximate surface area is 119 Å². The number of nitrogens with zero attached hydrogens (tertiary/aromatic N) is 2. The van der Waals surface area contributed by atoms with Crippen molar-refractivity contribution in [1.29, 1.82) is 0 Å². The molecule has 0 bridgehead atoms. The van der Waals surface area contributed by atoms with Crippen LogP contribution in [0, 0.1) is 0 Å².